The Balaban J connectivity index is 0.00000225. The van der Waals surface area contributed by atoms with Crippen molar-refractivity contribution in [3.8, 4) is 5.75 Å². The highest BCUT2D eigenvalue weighted by Gasteiger charge is 2.33. The number of anilines is 1. The molecule has 25 heavy (non-hydrogen) atoms. The zero-order chi connectivity index (χ0) is 17.3. The van der Waals surface area contributed by atoms with Gasteiger partial charge in [0, 0.05) is 12.1 Å². The largest absolute Gasteiger partial charge is 0.487 e. The number of benzene rings is 2. The summed E-state index contributed by atoms with van der Waals surface area (Å²) in [4.78, 5) is 14.7. The number of hydrogen-bond acceptors (Lipinski definition) is 3. The minimum absolute atomic E-state index is 0. The third-order valence-corrected chi connectivity index (χ3v) is 4.36. The molecule has 1 aliphatic heterocycles. The van der Waals surface area contributed by atoms with Gasteiger partial charge >= 0.3 is 0 Å². The summed E-state index contributed by atoms with van der Waals surface area (Å²) in [6.07, 6.45) is -0.205. The molecule has 1 aliphatic rings. The van der Waals surface area contributed by atoms with Gasteiger partial charge in [-0.25, -0.2) is 4.39 Å². The molecule has 3 rings (SSSR count). The van der Waals surface area contributed by atoms with Crippen LogP contribution in [0.3, 0.4) is 0 Å². The average molecular weight is 365 g/mol. The first-order valence-electron chi connectivity index (χ1n) is 8.05. The standard InChI is InChI=1S/C19H21FN2O2.ClH/c1-12-11-22(16-9-8-15(20)10-17(16)24-12)19(23)13(2)18(21)14-6-4-3-5-7-14;/h3-10,12-13,18H,11,21H2,1-2H3;1H. The highest BCUT2D eigenvalue weighted by molar-refractivity contribution is 5.97. The van der Waals surface area contributed by atoms with Crippen LogP contribution < -0.4 is 15.4 Å². The Bertz CT molecular complexity index is 741. The lowest BCUT2D eigenvalue weighted by molar-refractivity contribution is -0.123. The smallest absolute Gasteiger partial charge is 0.231 e. The molecule has 0 aliphatic carbocycles. The predicted molar refractivity (Wildman–Crippen MR) is 98.6 cm³/mol. The Hall–Kier alpha value is -2.11. The maximum Gasteiger partial charge on any atom is 0.231 e. The van der Waals surface area contributed by atoms with E-state index in [4.69, 9.17) is 10.5 Å². The van der Waals surface area contributed by atoms with Gasteiger partial charge in [-0.05, 0) is 24.6 Å². The van der Waals surface area contributed by atoms with Crippen molar-refractivity contribution in [2.75, 3.05) is 11.4 Å². The van der Waals surface area contributed by atoms with Crippen LogP contribution in [0.2, 0.25) is 0 Å². The van der Waals surface area contributed by atoms with E-state index in [-0.39, 0.29) is 30.2 Å². The van der Waals surface area contributed by atoms with E-state index in [2.05, 4.69) is 0 Å². The molecule has 0 fully saturated rings. The number of hydrogen-bond donors (Lipinski definition) is 1. The van der Waals surface area contributed by atoms with Crippen molar-refractivity contribution in [3.05, 3.63) is 59.9 Å². The molecule has 0 aromatic heterocycles. The van der Waals surface area contributed by atoms with E-state index in [1.165, 1.54) is 12.1 Å². The minimum atomic E-state index is -0.407. The number of halogens is 2. The minimum Gasteiger partial charge on any atom is -0.487 e. The van der Waals surface area contributed by atoms with Crippen LogP contribution in [0, 0.1) is 11.7 Å². The Morgan fingerprint density at radius 1 is 1.28 bits per heavy atom. The number of amides is 1. The van der Waals surface area contributed by atoms with Gasteiger partial charge in [-0.15, -0.1) is 12.4 Å². The van der Waals surface area contributed by atoms with Crippen molar-refractivity contribution in [3.63, 3.8) is 0 Å². The van der Waals surface area contributed by atoms with Gasteiger partial charge in [0.05, 0.1) is 18.2 Å². The average Bonchev–Trinajstić information content (AvgIpc) is 2.59. The fourth-order valence-corrected chi connectivity index (χ4v) is 2.99. The number of carbonyl (C=O) groups is 1. The molecule has 0 bridgehead atoms. The Morgan fingerprint density at radius 3 is 2.64 bits per heavy atom. The topological polar surface area (TPSA) is 55.6 Å². The lowest BCUT2D eigenvalue weighted by Gasteiger charge is -2.36. The SMILES string of the molecule is CC1CN(C(=O)C(C)C(N)c2ccccc2)c2ccc(F)cc2O1.Cl. The molecule has 0 saturated carbocycles. The highest BCUT2D eigenvalue weighted by atomic mass is 35.5. The predicted octanol–water partition coefficient (Wildman–Crippen LogP) is 3.70. The van der Waals surface area contributed by atoms with Gasteiger partial charge in [-0.2, -0.15) is 0 Å². The molecule has 134 valence electrons. The van der Waals surface area contributed by atoms with Crippen molar-refractivity contribution in [1.82, 2.24) is 0 Å². The van der Waals surface area contributed by atoms with Crippen LogP contribution in [-0.4, -0.2) is 18.6 Å². The molecule has 0 radical (unpaired) electrons. The molecule has 1 amide bonds. The summed E-state index contributed by atoms with van der Waals surface area (Å²) in [7, 11) is 0. The van der Waals surface area contributed by atoms with E-state index < -0.39 is 12.0 Å². The highest BCUT2D eigenvalue weighted by Crippen LogP contribution is 2.35. The second-order valence-corrected chi connectivity index (χ2v) is 6.21. The molecule has 0 saturated heterocycles. The monoisotopic (exact) mass is 364 g/mol. The number of carbonyl (C=O) groups excluding carboxylic acids is 1. The van der Waals surface area contributed by atoms with E-state index in [0.717, 1.165) is 5.56 Å². The van der Waals surface area contributed by atoms with E-state index in [0.29, 0.717) is 18.0 Å². The molecule has 1 heterocycles. The summed E-state index contributed by atoms with van der Waals surface area (Å²) >= 11 is 0. The van der Waals surface area contributed by atoms with Crippen LogP contribution in [0.15, 0.2) is 48.5 Å². The molecule has 2 N–H and O–H groups in total. The van der Waals surface area contributed by atoms with Gasteiger partial charge in [0.1, 0.15) is 17.7 Å². The van der Waals surface area contributed by atoms with Crippen LogP contribution >= 0.6 is 12.4 Å². The summed E-state index contributed by atoms with van der Waals surface area (Å²) in [5, 5.41) is 0. The van der Waals surface area contributed by atoms with E-state index in [1.54, 1.807) is 11.0 Å². The number of ether oxygens (including phenoxy) is 1. The third kappa shape index (κ3) is 3.94. The van der Waals surface area contributed by atoms with Crippen LogP contribution in [0.5, 0.6) is 5.75 Å². The van der Waals surface area contributed by atoms with Gasteiger partial charge in [-0.3, -0.25) is 4.79 Å². The van der Waals surface area contributed by atoms with Crippen molar-refractivity contribution in [2.24, 2.45) is 11.7 Å². The Kier molecular flexibility index (Phi) is 6.03. The van der Waals surface area contributed by atoms with Gasteiger partial charge in [-0.1, -0.05) is 37.3 Å². The van der Waals surface area contributed by atoms with Crippen LogP contribution in [0.25, 0.3) is 0 Å². The van der Waals surface area contributed by atoms with Crippen LogP contribution in [0.4, 0.5) is 10.1 Å². The zero-order valence-corrected chi connectivity index (χ0v) is 15.0. The molecule has 3 unspecified atom stereocenters. The second-order valence-electron chi connectivity index (χ2n) is 6.21. The van der Waals surface area contributed by atoms with Crippen molar-refractivity contribution < 1.29 is 13.9 Å². The van der Waals surface area contributed by atoms with Gasteiger partial charge in [0.25, 0.3) is 0 Å². The summed E-state index contributed by atoms with van der Waals surface area (Å²) in [6.45, 7) is 4.10. The summed E-state index contributed by atoms with van der Waals surface area (Å²) in [5.41, 5.74) is 7.79. The lowest BCUT2D eigenvalue weighted by Crippen LogP contribution is -2.46. The van der Waals surface area contributed by atoms with Gasteiger partial charge < -0.3 is 15.4 Å². The molecule has 2 aromatic carbocycles. The first-order chi connectivity index (χ1) is 11.5. The van der Waals surface area contributed by atoms with Crippen LogP contribution in [0.1, 0.15) is 25.5 Å². The van der Waals surface area contributed by atoms with E-state index >= 15 is 0 Å². The third-order valence-electron chi connectivity index (χ3n) is 4.36. The number of nitrogens with two attached hydrogens (primary N) is 1. The molecular formula is C19H22ClFN2O2. The fourth-order valence-electron chi connectivity index (χ4n) is 2.99. The Labute approximate surface area is 153 Å². The molecule has 2 aromatic rings. The first kappa shape index (κ1) is 19.2. The Morgan fingerprint density at radius 2 is 1.96 bits per heavy atom. The second kappa shape index (κ2) is 7.85. The maximum atomic E-state index is 13.5. The summed E-state index contributed by atoms with van der Waals surface area (Å²) in [5.74, 6) is -0.489. The first-order valence-corrected chi connectivity index (χ1v) is 8.05. The molecular weight excluding hydrogens is 343 g/mol. The number of rotatable bonds is 3. The quantitative estimate of drug-likeness (QED) is 0.903. The summed E-state index contributed by atoms with van der Waals surface area (Å²) in [6, 6.07) is 13.4. The summed E-state index contributed by atoms with van der Waals surface area (Å²) < 4.78 is 19.1. The van der Waals surface area contributed by atoms with E-state index in [9.17, 15) is 9.18 Å². The van der Waals surface area contributed by atoms with E-state index in [1.807, 2.05) is 44.2 Å². The number of fused-ring (bicyclic) bond motifs is 1. The van der Waals surface area contributed by atoms with Crippen LogP contribution in [-0.2, 0) is 4.79 Å². The fraction of sp³-hybridized carbons (Fsp3) is 0.316. The zero-order valence-electron chi connectivity index (χ0n) is 14.2. The van der Waals surface area contributed by atoms with Crippen molar-refractivity contribution >= 4 is 24.0 Å². The van der Waals surface area contributed by atoms with Crippen molar-refractivity contribution in [1.29, 1.82) is 0 Å². The molecule has 4 nitrogen and oxygen atoms in total. The van der Waals surface area contributed by atoms with Gasteiger partial charge in [0.2, 0.25) is 5.91 Å². The molecule has 0 spiro atoms. The normalized spacial score (nSPS) is 18.4. The van der Waals surface area contributed by atoms with Crippen molar-refractivity contribution in [2.45, 2.75) is 26.0 Å². The number of nitrogens with zero attached hydrogens (tertiary/aromatic N) is 1. The van der Waals surface area contributed by atoms with Gasteiger partial charge in [0.15, 0.2) is 0 Å². The maximum absolute atomic E-state index is 13.5. The molecule has 6 heteroatoms. The lowest BCUT2D eigenvalue weighted by atomic mass is 9.93. The molecule has 3 atom stereocenters.